The molecule has 34 heavy (non-hydrogen) atoms. The molecule has 0 saturated carbocycles. The lowest BCUT2D eigenvalue weighted by Gasteiger charge is -2.22. The minimum atomic E-state index is -3.82. The van der Waals surface area contributed by atoms with Crippen molar-refractivity contribution in [2.75, 3.05) is 18.4 Å². The topological polar surface area (TPSA) is 84.0 Å². The molecule has 7 nitrogen and oxygen atoms in total. The molecule has 9 heteroatoms. The molecule has 0 N–H and O–H groups in total. The maximum atomic E-state index is 13.4. The van der Waals surface area contributed by atoms with E-state index >= 15 is 0 Å². The van der Waals surface area contributed by atoms with Gasteiger partial charge in [-0.3, -0.25) is 9.10 Å². The summed E-state index contributed by atoms with van der Waals surface area (Å²) in [5.74, 6) is -1.63. The molecule has 1 amide bonds. The zero-order valence-electron chi connectivity index (χ0n) is 19.0. The Morgan fingerprint density at radius 3 is 2.21 bits per heavy atom. The third-order valence-electron chi connectivity index (χ3n) is 5.18. The van der Waals surface area contributed by atoms with E-state index in [-0.39, 0.29) is 17.0 Å². The number of carbonyl (C=O) groups excluding carboxylic acids is 2. The van der Waals surface area contributed by atoms with Crippen LogP contribution in [0.2, 0.25) is 0 Å². The van der Waals surface area contributed by atoms with Gasteiger partial charge in [0.1, 0.15) is 5.82 Å². The number of amides is 1. The second-order valence-corrected chi connectivity index (χ2v) is 9.67. The average molecular weight is 485 g/mol. The molecule has 1 atom stereocenters. The molecule has 0 heterocycles. The largest absolute Gasteiger partial charge is 0.449 e. The van der Waals surface area contributed by atoms with Crippen molar-refractivity contribution < 1.29 is 27.1 Å². The number of sulfonamides is 1. The molecule has 0 aromatic heterocycles. The summed E-state index contributed by atoms with van der Waals surface area (Å²) in [6.07, 6.45) is -1.08. The molecule has 0 bridgehead atoms. The fourth-order valence-corrected chi connectivity index (χ4v) is 4.47. The fourth-order valence-electron chi connectivity index (χ4n) is 3.27. The van der Waals surface area contributed by atoms with Crippen molar-refractivity contribution in [2.45, 2.75) is 24.5 Å². The van der Waals surface area contributed by atoms with Gasteiger partial charge in [0.25, 0.3) is 15.9 Å². The molecule has 0 fully saturated rings. The number of anilines is 1. The zero-order chi connectivity index (χ0) is 24.9. The monoisotopic (exact) mass is 484 g/mol. The molecular formula is C25H25FN2O5S. The number of ether oxygens (including phenoxy) is 1. The highest BCUT2D eigenvalue weighted by Gasteiger charge is 2.24. The van der Waals surface area contributed by atoms with Gasteiger partial charge in [0.15, 0.2) is 6.10 Å². The molecule has 0 aliphatic rings. The van der Waals surface area contributed by atoms with E-state index in [4.69, 9.17) is 4.74 Å². The zero-order valence-corrected chi connectivity index (χ0v) is 19.8. The van der Waals surface area contributed by atoms with Crippen LogP contribution in [0.25, 0.3) is 0 Å². The lowest BCUT2D eigenvalue weighted by atomic mass is 10.2. The van der Waals surface area contributed by atoms with Gasteiger partial charge in [-0.25, -0.2) is 17.6 Å². The summed E-state index contributed by atoms with van der Waals surface area (Å²) in [6.45, 7) is 1.59. The maximum Gasteiger partial charge on any atom is 0.338 e. The van der Waals surface area contributed by atoms with Gasteiger partial charge in [-0.15, -0.1) is 0 Å². The number of benzene rings is 3. The Hall–Kier alpha value is -3.72. The first-order valence-corrected chi connectivity index (χ1v) is 11.9. The molecule has 0 saturated heterocycles. The Balaban J connectivity index is 1.64. The van der Waals surface area contributed by atoms with Gasteiger partial charge >= 0.3 is 5.97 Å². The van der Waals surface area contributed by atoms with Crippen LogP contribution in [0.15, 0.2) is 83.8 Å². The van der Waals surface area contributed by atoms with Gasteiger partial charge in [0, 0.05) is 20.6 Å². The van der Waals surface area contributed by atoms with Crippen molar-refractivity contribution in [3.8, 4) is 0 Å². The van der Waals surface area contributed by atoms with Crippen LogP contribution in [0.3, 0.4) is 0 Å². The van der Waals surface area contributed by atoms with Crippen LogP contribution in [-0.2, 0) is 26.1 Å². The highest BCUT2D eigenvalue weighted by Crippen LogP contribution is 2.22. The van der Waals surface area contributed by atoms with Crippen LogP contribution >= 0.6 is 0 Å². The van der Waals surface area contributed by atoms with E-state index in [0.29, 0.717) is 11.3 Å². The Labute approximate surface area is 198 Å². The highest BCUT2D eigenvalue weighted by molar-refractivity contribution is 7.92. The molecule has 178 valence electrons. The number of halogens is 1. The van der Waals surface area contributed by atoms with Crippen molar-refractivity contribution in [1.82, 2.24) is 4.90 Å². The van der Waals surface area contributed by atoms with Gasteiger partial charge in [-0.2, -0.15) is 0 Å². The first kappa shape index (κ1) is 24.9. The van der Waals surface area contributed by atoms with Crippen LogP contribution in [0.4, 0.5) is 10.1 Å². The molecule has 0 spiro atoms. The maximum absolute atomic E-state index is 13.4. The smallest absolute Gasteiger partial charge is 0.338 e. The summed E-state index contributed by atoms with van der Waals surface area (Å²) in [4.78, 5) is 26.4. The number of nitrogens with zero attached hydrogens (tertiary/aromatic N) is 2. The Bertz CT molecular complexity index is 1260. The Morgan fingerprint density at radius 1 is 0.941 bits per heavy atom. The van der Waals surface area contributed by atoms with E-state index in [9.17, 15) is 22.4 Å². The summed E-state index contributed by atoms with van der Waals surface area (Å²) in [5.41, 5.74) is 1.21. The first-order valence-electron chi connectivity index (χ1n) is 10.4. The van der Waals surface area contributed by atoms with E-state index in [2.05, 4.69) is 0 Å². The lowest BCUT2D eigenvalue weighted by molar-refractivity contribution is -0.139. The normalized spacial score (nSPS) is 12.0. The molecular weight excluding hydrogens is 459 g/mol. The van der Waals surface area contributed by atoms with E-state index < -0.39 is 33.8 Å². The number of hydrogen-bond donors (Lipinski definition) is 0. The highest BCUT2D eigenvalue weighted by atomic mass is 32.2. The average Bonchev–Trinajstić information content (AvgIpc) is 2.83. The van der Waals surface area contributed by atoms with Crippen molar-refractivity contribution in [2.24, 2.45) is 0 Å². The number of rotatable bonds is 8. The molecule has 0 radical (unpaired) electrons. The number of likely N-dealkylation sites (N-methyl/N-ethyl adjacent to an activating group) is 1. The summed E-state index contributed by atoms with van der Waals surface area (Å²) in [6, 6.07) is 19.8. The van der Waals surface area contributed by atoms with E-state index in [1.54, 1.807) is 42.5 Å². The molecule has 3 aromatic carbocycles. The SMILES string of the molecule is CC(OC(=O)c1ccc(S(=O)(=O)N(C)c2ccccc2)cc1)C(=O)N(C)Cc1cccc(F)c1. The minimum absolute atomic E-state index is 0.00866. The van der Waals surface area contributed by atoms with Gasteiger partial charge in [-0.1, -0.05) is 30.3 Å². The predicted molar refractivity (Wildman–Crippen MR) is 126 cm³/mol. The molecule has 3 aromatic rings. The number of carbonyl (C=O) groups is 2. The van der Waals surface area contributed by atoms with E-state index in [0.717, 1.165) is 4.31 Å². The van der Waals surface area contributed by atoms with Gasteiger partial charge < -0.3 is 9.64 Å². The van der Waals surface area contributed by atoms with Crippen molar-refractivity contribution >= 4 is 27.6 Å². The van der Waals surface area contributed by atoms with Crippen LogP contribution in [-0.4, -0.2) is 45.4 Å². The third kappa shape index (κ3) is 5.79. The molecule has 3 rings (SSSR count). The standard InChI is InChI=1S/C25H25FN2O5S/c1-18(24(29)27(2)17-19-8-7-9-21(26)16-19)33-25(30)20-12-14-23(15-13-20)34(31,32)28(3)22-10-5-4-6-11-22/h4-16,18H,17H2,1-3H3. The third-order valence-corrected chi connectivity index (χ3v) is 6.98. The van der Waals surface area contributed by atoms with Crippen LogP contribution in [0, 0.1) is 5.82 Å². The summed E-state index contributed by atoms with van der Waals surface area (Å²) in [5, 5.41) is 0. The number of hydrogen-bond acceptors (Lipinski definition) is 5. The summed E-state index contributed by atoms with van der Waals surface area (Å²) < 4.78 is 45.5. The summed E-state index contributed by atoms with van der Waals surface area (Å²) >= 11 is 0. The first-order chi connectivity index (χ1) is 16.1. The molecule has 1 unspecified atom stereocenters. The Morgan fingerprint density at radius 2 is 1.59 bits per heavy atom. The van der Waals surface area contributed by atoms with E-state index in [1.807, 2.05) is 0 Å². The van der Waals surface area contributed by atoms with Crippen LogP contribution < -0.4 is 4.31 Å². The van der Waals surface area contributed by atoms with Crippen LogP contribution in [0.1, 0.15) is 22.8 Å². The number of para-hydroxylation sites is 1. The second kappa shape index (κ2) is 10.5. The van der Waals surface area contributed by atoms with Crippen LogP contribution in [0.5, 0.6) is 0 Å². The molecule has 0 aliphatic carbocycles. The number of esters is 1. The van der Waals surface area contributed by atoms with Gasteiger partial charge in [0.05, 0.1) is 16.1 Å². The van der Waals surface area contributed by atoms with Gasteiger partial charge in [-0.05, 0) is 61.0 Å². The van der Waals surface area contributed by atoms with Gasteiger partial charge in [0.2, 0.25) is 0 Å². The lowest BCUT2D eigenvalue weighted by Crippen LogP contribution is -2.37. The Kier molecular flexibility index (Phi) is 7.68. The van der Waals surface area contributed by atoms with E-state index in [1.165, 1.54) is 62.3 Å². The van der Waals surface area contributed by atoms with Crippen molar-refractivity contribution in [3.63, 3.8) is 0 Å². The fraction of sp³-hybridized carbons (Fsp3) is 0.200. The summed E-state index contributed by atoms with van der Waals surface area (Å²) in [7, 11) is -0.848. The minimum Gasteiger partial charge on any atom is -0.449 e. The van der Waals surface area contributed by atoms with Crippen molar-refractivity contribution in [3.05, 3.63) is 95.8 Å². The molecule has 0 aliphatic heterocycles. The quantitative estimate of drug-likeness (QED) is 0.454. The second-order valence-electron chi connectivity index (χ2n) is 7.70. The van der Waals surface area contributed by atoms with Crippen molar-refractivity contribution in [1.29, 1.82) is 0 Å². The predicted octanol–water partition coefficient (Wildman–Crippen LogP) is 3.85.